The first kappa shape index (κ1) is 14.0. The molecule has 0 atom stereocenters. The van der Waals surface area contributed by atoms with E-state index in [4.69, 9.17) is 4.74 Å². The number of carbonyl (C=O) groups excluding carboxylic acids is 1. The molecule has 0 N–H and O–H groups in total. The number of carbonyl (C=O) groups is 1. The fraction of sp³-hybridized carbons (Fsp3) is 0.417. The monoisotopic (exact) mass is 301 g/mol. The highest BCUT2D eigenvalue weighted by atomic mass is 79.9. The summed E-state index contributed by atoms with van der Waals surface area (Å²) in [4.78, 5) is 12.9. The average molecular weight is 302 g/mol. The van der Waals surface area contributed by atoms with Gasteiger partial charge >= 0.3 is 6.09 Å². The van der Waals surface area contributed by atoms with Crippen LogP contribution in [-0.4, -0.2) is 46.2 Å². The molecule has 1 aromatic rings. The van der Waals surface area contributed by atoms with Gasteiger partial charge in [0.05, 0.1) is 25.6 Å². The summed E-state index contributed by atoms with van der Waals surface area (Å²) in [6.07, 6.45) is -0.385. The van der Waals surface area contributed by atoms with E-state index in [1.165, 1.54) is 4.90 Å². The minimum absolute atomic E-state index is 0.385. The first-order valence-corrected chi connectivity index (χ1v) is 6.02. The predicted molar refractivity (Wildman–Crippen MR) is 73.4 cm³/mol. The van der Waals surface area contributed by atoms with E-state index in [9.17, 15) is 4.79 Å². The molecule has 1 amide bonds. The number of rotatable bonds is 2. The van der Waals surface area contributed by atoms with Gasteiger partial charge in [-0.1, -0.05) is 0 Å². The van der Waals surface area contributed by atoms with Crippen LogP contribution in [0.15, 0.2) is 22.7 Å². The van der Waals surface area contributed by atoms with Crippen LogP contribution in [-0.2, 0) is 0 Å². The van der Waals surface area contributed by atoms with Crippen molar-refractivity contribution < 1.29 is 9.53 Å². The average Bonchev–Trinajstić information content (AvgIpc) is 2.19. The zero-order valence-electron chi connectivity index (χ0n) is 10.8. The van der Waals surface area contributed by atoms with E-state index in [0.29, 0.717) is 10.2 Å². The van der Waals surface area contributed by atoms with Crippen LogP contribution in [0.4, 0.5) is 10.5 Å². The van der Waals surface area contributed by atoms with Crippen molar-refractivity contribution in [3.8, 4) is 5.75 Å². The summed E-state index contributed by atoms with van der Waals surface area (Å²) >= 11 is 3.37. The van der Waals surface area contributed by atoms with Crippen LogP contribution in [0.2, 0.25) is 0 Å². The molecule has 0 bridgehead atoms. The zero-order valence-corrected chi connectivity index (χ0v) is 12.4. The van der Waals surface area contributed by atoms with E-state index in [1.807, 2.05) is 18.2 Å². The Balaban J connectivity index is 3.03. The van der Waals surface area contributed by atoms with Gasteiger partial charge in [0.25, 0.3) is 0 Å². The lowest BCUT2D eigenvalue weighted by Crippen LogP contribution is -2.34. The Morgan fingerprint density at radius 2 is 1.88 bits per heavy atom. The Morgan fingerprint density at radius 3 is 2.35 bits per heavy atom. The van der Waals surface area contributed by atoms with Crippen molar-refractivity contribution in [3.05, 3.63) is 22.7 Å². The molecule has 5 heteroatoms. The second-order valence-corrected chi connectivity index (χ2v) is 5.74. The van der Waals surface area contributed by atoms with Gasteiger partial charge in [-0.05, 0) is 22.0 Å². The number of hydrogen-bond acceptors (Lipinski definition) is 2. The van der Waals surface area contributed by atoms with Crippen LogP contribution in [0.3, 0.4) is 0 Å². The van der Waals surface area contributed by atoms with Crippen LogP contribution in [0, 0.1) is 0 Å². The molecule has 0 radical (unpaired) electrons. The van der Waals surface area contributed by atoms with Gasteiger partial charge in [-0.3, -0.25) is 4.48 Å². The molecule has 1 aromatic carbocycles. The van der Waals surface area contributed by atoms with Crippen molar-refractivity contribution >= 4 is 27.7 Å². The van der Waals surface area contributed by atoms with Crippen molar-refractivity contribution in [2.75, 3.05) is 35.2 Å². The molecule has 4 nitrogen and oxygen atoms in total. The van der Waals surface area contributed by atoms with Crippen LogP contribution in [0.25, 0.3) is 0 Å². The molecule has 0 aliphatic rings. The van der Waals surface area contributed by atoms with E-state index in [0.717, 1.165) is 10.2 Å². The Kier molecular flexibility index (Phi) is 4.16. The van der Waals surface area contributed by atoms with Crippen molar-refractivity contribution in [1.29, 1.82) is 0 Å². The van der Waals surface area contributed by atoms with Gasteiger partial charge in [-0.15, -0.1) is 0 Å². The van der Waals surface area contributed by atoms with Crippen LogP contribution < -0.4 is 9.22 Å². The second kappa shape index (κ2) is 5.06. The maximum Gasteiger partial charge on any atom is 0.414 e. The number of hydrogen-bond donors (Lipinski definition) is 0. The molecule has 0 heterocycles. The van der Waals surface area contributed by atoms with Crippen LogP contribution >= 0.6 is 15.9 Å². The minimum Gasteiger partial charge on any atom is -0.409 e. The van der Waals surface area contributed by atoms with E-state index >= 15 is 0 Å². The Labute approximate surface area is 110 Å². The molecule has 0 fully saturated rings. The standard InChI is InChI=1S/C12H18BrN2O2/c1-14(2)12(16)17-11-8-9(15(3,4)5)6-7-10(11)13/h6-8H,1-5H3/q+1. The fourth-order valence-corrected chi connectivity index (χ4v) is 1.50. The number of quaternary nitrogens is 1. The van der Waals surface area contributed by atoms with Gasteiger partial charge in [0.2, 0.25) is 0 Å². The third kappa shape index (κ3) is 3.71. The van der Waals surface area contributed by atoms with Gasteiger partial charge in [0, 0.05) is 26.2 Å². The van der Waals surface area contributed by atoms with Gasteiger partial charge in [0.15, 0.2) is 5.75 Å². The first-order chi connectivity index (χ1) is 7.71. The van der Waals surface area contributed by atoms with E-state index in [1.54, 1.807) is 14.1 Å². The minimum atomic E-state index is -0.385. The number of halogens is 1. The van der Waals surface area contributed by atoms with E-state index in [-0.39, 0.29) is 6.09 Å². The van der Waals surface area contributed by atoms with Gasteiger partial charge in [-0.2, -0.15) is 0 Å². The summed E-state index contributed by atoms with van der Waals surface area (Å²) in [7, 11) is 9.47. The molecule has 0 unspecified atom stereocenters. The summed E-state index contributed by atoms with van der Waals surface area (Å²) in [5.41, 5.74) is 1.06. The quantitative estimate of drug-likeness (QED) is 0.786. The van der Waals surface area contributed by atoms with Gasteiger partial charge in [-0.25, -0.2) is 4.79 Å². The normalized spacial score (nSPS) is 11.2. The lowest BCUT2D eigenvalue weighted by atomic mass is 10.2. The molecule has 0 saturated heterocycles. The second-order valence-electron chi connectivity index (χ2n) is 4.89. The van der Waals surface area contributed by atoms with Crippen molar-refractivity contribution in [2.45, 2.75) is 0 Å². The summed E-state index contributed by atoms with van der Waals surface area (Å²) in [5, 5.41) is 0. The Hall–Kier alpha value is -1.07. The van der Waals surface area contributed by atoms with E-state index < -0.39 is 0 Å². The maximum atomic E-state index is 11.5. The molecular formula is C12H18BrN2O2+. The Morgan fingerprint density at radius 1 is 1.29 bits per heavy atom. The predicted octanol–water partition coefficient (Wildman–Crippen LogP) is 2.71. The van der Waals surface area contributed by atoms with Gasteiger partial charge in [0.1, 0.15) is 5.69 Å². The van der Waals surface area contributed by atoms with Crippen LogP contribution in [0.1, 0.15) is 0 Å². The fourth-order valence-electron chi connectivity index (χ4n) is 1.17. The lowest BCUT2D eigenvalue weighted by Gasteiger charge is -2.24. The van der Waals surface area contributed by atoms with Crippen molar-refractivity contribution in [1.82, 2.24) is 9.38 Å². The van der Waals surface area contributed by atoms with E-state index in [2.05, 4.69) is 37.1 Å². The summed E-state index contributed by atoms with van der Waals surface area (Å²) < 4.78 is 6.71. The molecule has 0 aromatic heterocycles. The highest BCUT2D eigenvalue weighted by Gasteiger charge is 2.17. The SMILES string of the molecule is CN(C)C(=O)Oc1cc([N+](C)(C)C)ccc1Br. The third-order valence-corrected chi connectivity index (χ3v) is 2.91. The molecule has 0 aliphatic carbocycles. The smallest absolute Gasteiger partial charge is 0.409 e. The Bertz CT molecular complexity index is 425. The molecule has 1 rings (SSSR count). The highest BCUT2D eigenvalue weighted by Crippen LogP contribution is 2.31. The maximum absolute atomic E-state index is 11.5. The molecular weight excluding hydrogens is 284 g/mol. The van der Waals surface area contributed by atoms with Crippen molar-refractivity contribution in [3.63, 3.8) is 0 Å². The third-order valence-electron chi connectivity index (χ3n) is 2.25. The topological polar surface area (TPSA) is 29.5 Å². The summed E-state index contributed by atoms with van der Waals surface area (Å²) in [5.74, 6) is 0.536. The number of benzene rings is 1. The van der Waals surface area contributed by atoms with Crippen molar-refractivity contribution in [2.24, 2.45) is 0 Å². The zero-order chi connectivity index (χ0) is 13.2. The molecule has 0 saturated carbocycles. The number of amides is 1. The molecule has 17 heavy (non-hydrogen) atoms. The molecule has 94 valence electrons. The van der Waals surface area contributed by atoms with Gasteiger partial charge < -0.3 is 9.64 Å². The summed E-state index contributed by atoms with van der Waals surface area (Å²) in [6.45, 7) is 0. The van der Waals surface area contributed by atoms with Crippen LogP contribution in [0.5, 0.6) is 5.75 Å². The first-order valence-electron chi connectivity index (χ1n) is 5.22. The highest BCUT2D eigenvalue weighted by molar-refractivity contribution is 9.10. The molecule has 0 spiro atoms. The molecule has 0 aliphatic heterocycles. The largest absolute Gasteiger partial charge is 0.414 e. The number of nitrogens with zero attached hydrogens (tertiary/aromatic N) is 2. The lowest BCUT2D eigenvalue weighted by molar-refractivity contribution is 0.171. The summed E-state index contributed by atoms with van der Waals surface area (Å²) in [6, 6.07) is 5.75. The number of ether oxygens (including phenoxy) is 1.